The van der Waals surface area contributed by atoms with Gasteiger partial charge in [-0.3, -0.25) is 9.97 Å². The van der Waals surface area contributed by atoms with Gasteiger partial charge in [-0.05, 0) is 25.5 Å². The monoisotopic (exact) mass is 204 g/mol. The molecule has 0 saturated carbocycles. The molecule has 1 aromatic carbocycles. The zero-order valence-corrected chi connectivity index (χ0v) is 9.12. The first-order valence-electron chi connectivity index (χ1n) is 4.51. The Hall–Kier alpha value is -1.09. The van der Waals surface area contributed by atoms with E-state index in [1.165, 1.54) is 0 Å². The van der Waals surface area contributed by atoms with Crippen LogP contribution in [0.1, 0.15) is 19.4 Å². The number of aromatic nitrogens is 2. The first-order valence-corrected chi connectivity index (χ1v) is 4.96. The molecule has 0 fully saturated rings. The summed E-state index contributed by atoms with van der Waals surface area (Å²) in [6.45, 7) is 4.11. The van der Waals surface area contributed by atoms with Crippen LogP contribution in [-0.4, -0.2) is 9.97 Å². The van der Waals surface area contributed by atoms with Crippen molar-refractivity contribution < 1.29 is 0 Å². The van der Waals surface area contributed by atoms with E-state index in [1.54, 1.807) is 12.4 Å². The smallest absolute Gasteiger partial charge is 0.0932 e. The average molecular weight is 204 g/mol. The van der Waals surface area contributed by atoms with Crippen LogP contribution >= 0.6 is 12.6 Å². The molecule has 0 aliphatic carbocycles. The standard InChI is InChI=1S/C11H12N2S/c1-11(2,14)8-4-3-5-9-10(8)13-7-6-12-9/h3-7,14H,1-2H3. The van der Waals surface area contributed by atoms with Crippen molar-refractivity contribution in [2.45, 2.75) is 18.6 Å². The first-order chi connectivity index (χ1) is 6.59. The number of para-hydroxylation sites is 1. The molecule has 1 aromatic heterocycles. The van der Waals surface area contributed by atoms with E-state index < -0.39 is 0 Å². The molecular weight excluding hydrogens is 192 g/mol. The van der Waals surface area contributed by atoms with Gasteiger partial charge in [0, 0.05) is 17.1 Å². The van der Waals surface area contributed by atoms with E-state index in [1.807, 2.05) is 18.2 Å². The van der Waals surface area contributed by atoms with Crippen molar-refractivity contribution in [3.8, 4) is 0 Å². The highest BCUT2D eigenvalue weighted by Crippen LogP contribution is 2.31. The predicted octanol–water partition coefficient (Wildman–Crippen LogP) is 2.79. The summed E-state index contributed by atoms with van der Waals surface area (Å²) >= 11 is 4.55. The van der Waals surface area contributed by atoms with Crippen molar-refractivity contribution in [1.29, 1.82) is 0 Å². The maximum atomic E-state index is 4.55. The number of fused-ring (bicyclic) bond motifs is 1. The number of hydrogen-bond donors (Lipinski definition) is 1. The molecule has 0 atom stereocenters. The van der Waals surface area contributed by atoms with Gasteiger partial charge < -0.3 is 0 Å². The number of nitrogens with zero attached hydrogens (tertiary/aromatic N) is 2. The van der Waals surface area contributed by atoms with Crippen LogP contribution in [0, 0.1) is 0 Å². The maximum Gasteiger partial charge on any atom is 0.0932 e. The molecule has 2 nitrogen and oxygen atoms in total. The van der Waals surface area contributed by atoms with Crippen LogP contribution in [0.15, 0.2) is 30.6 Å². The van der Waals surface area contributed by atoms with Crippen molar-refractivity contribution in [1.82, 2.24) is 9.97 Å². The second-order valence-corrected chi connectivity index (χ2v) is 4.91. The summed E-state index contributed by atoms with van der Waals surface area (Å²) in [6.07, 6.45) is 3.42. The number of benzene rings is 1. The first kappa shape index (κ1) is 9.46. The molecule has 0 spiro atoms. The van der Waals surface area contributed by atoms with Crippen LogP contribution < -0.4 is 0 Å². The fourth-order valence-corrected chi connectivity index (χ4v) is 1.67. The highest BCUT2D eigenvalue weighted by molar-refractivity contribution is 7.81. The maximum absolute atomic E-state index is 4.55. The highest BCUT2D eigenvalue weighted by atomic mass is 32.1. The van der Waals surface area contributed by atoms with Gasteiger partial charge in [0.15, 0.2) is 0 Å². The van der Waals surface area contributed by atoms with Gasteiger partial charge in [-0.15, -0.1) is 0 Å². The molecule has 2 aromatic rings. The minimum absolute atomic E-state index is 0.185. The van der Waals surface area contributed by atoms with Crippen molar-refractivity contribution in [3.63, 3.8) is 0 Å². The number of rotatable bonds is 1. The van der Waals surface area contributed by atoms with E-state index in [4.69, 9.17) is 0 Å². The molecule has 0 saturated heterocycles. The van der Waals surface area contributed by atoms with Crippen LogP contribution in [0.3, 0.4) is 0 Å². The molecule has 0 unspecified atom stereocenters. The molecule has 1 heterocycles. The lowest BCUT2D eigenvalue weighted by Crippen LogP contribution is -2.09. The lowest BCUT2D eigenvalue weighted by atomic mass is 10.0. The molecule has 0 amide bonds. The summed E-state index contributed by atoms with van der Waals surface area (Å²) in [5, 5.41) is 0. The lowest BCUT2D eigenvalue weighted by molar-refractivity contribution is 0.796. The molecule has 0 N–H and O–H groups in total. The largest absolute Gasteiger partial charge is 0.253 e. The fraction of sp³-hybridized carbons (Fsp3) is 0.273. The molecule has 2 rings (SSSR count). The molecule has 0 aliphatic rings. The fourth-order valence-electron chi connectivity index (χ4n) is 1.49. The van der Waals surface area contributed by atoms with Gasteiger partial charge in [-0.2, -0.15) is 12.6 Å². The molecule has 14 heavy (non-hydrogen) atoms. The molecule has 0 bridgehead atoms. The van der Waals surface area contributed by atoms with Crippen LogP contribution in [0.25, 0.3) is 11.0 Å². The Morgan fingerprint density at radius 1 is 1.14 bits per heavy atom. The Bertz CT molecular complexity index is 455. The number of hydrogen-bond acceptors (Lipinski definition) is 3. The molecular formula is C11H12N2S. The van der Waals surface area contributed by atoms with Gasteiger partial charge in [0.25, 0.3) is 0 Å². The van der Waals surface area contributed by atoms with Crippen LogP contribution in [0.4, 0.5) is 0 Å². The van der Waals surface area contributed by atoms with Crippen molar-refractivity contribution in [2.24, 2.45) is 0 Å². The van der Waals surface area contributed by atoms with Gasteiger partial charge >= 0.3 is 0 Å². The zero-order chi connectivity index (χ0) is 10.2. The SMILES string of the molecule is CC(C)(S)c1cccc2nccnc12. The van der Waals surface area contributed by atoms with Gasteiger partial charge in [0.2, 0.25) is 0 Å². The van der Waals surface area contributed by atoms with Gasteiger partial charge in [0.1, 0.15) is 0 Å². The topological polar surface area (TPSA) is 25.8 Å². The lowest BCUT2D eigenvalue weighted by Gasteiger charge is -2.18. The van der Waals surface area contributed by atoms with Gasteiger partial charge in [-0.25, -0.2) is 0 Å². The minimum Gasteiger partial charge on any atom is -0.253 e. The summed E-state index contributed by atoms with van der Waals surface area (Å²) in [5.41, 5.74) is 2.98. The quantitative estimate of drug-likeness (QED) is 0.723. The highest BCUT2D eigenvalue weighted by Gasteiger charge is 2.18. The van der Waals surface area contributed by atoms with E-state index in [2.05, 4.69) is 36.4 Å². The molecule has 0 radical (unpaired) electrons. The minimum atomic E-state index is -0.185. The van der Waals surface area contributed by atoms with Crippen molar-refractivity contribution >= 4 is 23.7 Å². The molecule has 3 heteroatoms. The van der Waals surface area contributed by atoms with Gasteiger partial charge in [-0.1, -0.05) is 12.1 Å². The average Bonchev–Trinajstić information content (AvgIpc) is 2.15. The van der Waals surface area contributed by atoms with Gasteiger partial charge in [0.05, 0.1) is 11.0 Å². The van der Waals surface area contributed by atoms with E-state index >= 15 is 0 Å². The van der Waals surface area contributed by atoms with Crippen molar-refractivity contribution in [3.05, 3.63) is 36.2 Å². The molecule has 0 aliphatic heterocycles. The molecule has 72 valence electrons. The summed E-state index contributed by atoms with van der Waals surface area (Å²) in [6, 6.07) is 6.00. The summed E-state index contributed by atoms with van der Waals surface area (Å²) in [5.74, 6) is 0. The number of thiol groups is 1. The Labute approximate surface area is 88.8 Å². The van der Waals surface area contributed by atoms with E-state index in [0.29, 0.717) is 0 Å². The zero-order valence-electron chi connectivity index (χ0n) is 8.23. The van der Waals surface area contributed by atoms with E-state index in [-0.39, 0.29) is 4.75 Å². The Kier molecular flexibility index (Phi) is 2.19. The Morgan fingerprint density at radius 3 is 2.57 bits per heavy atom. The van der Waals surface area contributed by atoms with E-state index in [0.717, 1.165) is 16.6 Å². The normalized spacial score (nSPS) is 11.9. The second-order valence-electron chi connectivity index (χ2n) is 3.79. The predicted molar refractivity (Wildman–Crippen MR) is 61.6 cm³/mol. The third-order valence-corrected chi connectivity index (χ3v) is 2.40. The third-order valence-electron chi connectivity index (χ3n) is 2.16. The van der Waals surface area contributed by atoms with Crippen molar-refractivity contribution in [2.75, 3.05) is 0 Å². The van der Waals surface area contributed by atoms with E-state index in [9.17, 15) is 0 Å². The summed E-state index contributed by atoms with van der Waals surface area (Å²) in [7, 11) is 0. The summed E-state index contributed by atoms with van der Waals surface area (Å²) < 4.78 is -0.185. The third kappa shape index (κ3) is 1.60. The van der Waals surface area contributed by atoms with Crippen LogP contribution in [-0.2, 0) is 4.75 Å². The Morgan fingerprint density at radius 2 is 1.86 bits per heavy atom. The second kappa shape index (κ2) is 3.24. The summed E-state index contributed by atoms with van der Waals surface area (Å²) in [4.78, 5) is 8.60. The van der Waals surface area contributed by atoms with Crippen LogP contribution in [0.5, 0.6) is 0 Å². The van der Waals surface area contributed by atoms with Crippen LogP contribution in [0.2, 0.25) is 0 Å². The Balaban J connectivity index is 2.78.